The molecule has 0 fully saturated rings. The van der Waals surface area contributed by atoms with Crippen molar-refractivity contribution in [2.75, 3.05) is 10.6 Å². The molecular weight excluding hydrogens is 358 g/mol. The zero-order valence-corrected chi connectivity index (χ0v) is 15.7. The van der Waals surface area contributed by atoms with Gasteiger partial charge in [0.1, 0.15) is 5.40 Å². The predicted octanol–water partition coefficient (Wildman–Crippen LogP) is 4.66. The molecule has 3 rings (SSSR count). The van der Waals surface area contributed by atoms with Crippen LogP contribution < -0.4 is 10.6 Å². The second-order valence-electron chi connectivity index (χ2n) is 5.85. The first kappa shape index (κ1) is 18.4. The van der Waals surface area contributed by atoms with E-state index in [4.69, 9.17) is 5.26 Å². The van der Waals surface area contributed by atoms with Gasteiger partial charge in [-0.2, -0.15) is 5.26 Å². The van der Waals surface area contributed by atoms with E-state index in [0.29, 0.717) is 17.2 Å². The van der Waals surface area contributed by atoms with Crippen molar-refractivity contribution in [3.05, 3.63) is 71.5 Å². The van der Waals surface area contributed by atoms with E-state index >= 15 is 0 Å². The van der Waals surface area contributed by atoms with Crippen LogP contribution in [0.2, 0.25) is 0 Å². The minimum absolute atomic E-state index is 0.222. The number of carbonyl (C=O) groups is 1. The Morgan fingerprint density at radius 2 is 1.70 bits per heavy atom. The van der Waals surface area contributed by atoms with Crippen LogP contribution in [0.5, 0.6) is 0 Å². The Morgan fingerprint density at radius 3 is 2.37 bits per heavy atom. The maximum Gasteiger partial charge on any atom is 0.255 e. The highest BCUT2D eigenvalue weighted by molar-refractivity contribution is 8.03. The molecule has 0 aliphatic rings. The molecule has 0 radical (unpaired) electrons. The van der Waals surface area contributed by atoms with E-state index < -0.39 is 0 Å². The Labute approximate surface area is 161 Å². The van der Waals surface area contributed by atoms with Gasteiger partial charge in [0.25, 0.3) is 5.91 Å². The Morgan fingerprint density at radius 1 is 1.00 bits per heavy atom. The molecular formula is C20H17N5OS. The SMILES string of the molecule is Cc1cc(C)nc(Nc2cccc(C(=O)Nc3ccc(SC#N)cc3)c2)n1. The molecule has 1 heterocycles. The van der Waals surface area contributed by atoms with Crippen LogP contribution >= 0.6 is 11.8 Å². The molecule has 0 aliphatic heterocycles. The van der Waals surface area contributed by atoms with Crippen molar-refractivity contribution in [3.8, 4) is 5.40 Å². The maximum absolute atomic E-state index is 12.5. The third-order valence-corrected chi connectivity index (χ3v) is 4.24. The normalized spacial score (nSPS) is 10.1. The first-order valence-corrected chi connectivity index (χ1v) is 9.02. The molecule has 0 spiro atoms. The van der Waals surface area contributed by atoms with E-state index in [9.17, 15) is 4.79 Å². The van der Waals surface area contributed by atoms with Gasteiger partial charge >= 0.3 is 0 Å². The molecule has 0 aliphatic carbocycles. The van der Waals surface area contributed by atoms with Crippen molar-refractivity contribution in [1.82, 2.24) is 9.97 Å². The van der Waals surface area contributed by atoms with Crippen molar-refractivity contribution in [2.24, 2.45) is 0 Å². The second kappa shape index (κ2) is 8.34. The molecule has 0 atom stereocenters. The average Bonchev–Trinajstić information content (AvgIpc) is 2.63. The van der Waals surface area contributed by atoms with E-state index in [-0.39, 0.29) is 5.91 Å². The third-order valence-electron chi connectivity index (χ3n) is 3.64. The fourth-order valence-electron chi connectivity index (χ4n) is 2.51. The van der Waals surface area contributed by atoms with Crippen molar-refractivity contribution in [3.63, 3.8) is 0 Å². The number of carbonyl (C=O) groups excluding carboxylic acids is 1. The summed E-state index contributed by atoms with van der Waals surface area (Å²) in [5.41, 5.74) is 3.65. The van der Waals surface area contributed by atoms with Crippen molar-refractivity contribution in [1.29, 1.82) is 5.26 Å². The van der Waals surface area contributed by atoms with Gasteiger partial charge in [-0.3, -0.25) is 4.79 Å². The third kappa shape index (κ3) is 5.06. The Kier molecular flexibility index (Phi) is 5.69. The Bertz CT molecular complexity index is 991. The maximum atomic E-state index is 12.5. The van der Waals surface area contributed by atoms with Crippen molar-refractivity contribution in [2.45, 2.75) is 18.7 Å². The molecule has 0 saturated heterocycles. The van der Waals surface area contributed by atoms with Crippen LogP contribution in [0.3, 0.4) is 0 Å². The zero-order chi connectivity index (χ0) is 19.2. The quantitative estimate of drug-likeness (QED) is 0.498. The molecule has 134 valence electrons. The van der Waals surface area contributed by atoms with Crippen LogP contribution in [0.4, 0.5) is 17.3 Å². The lowest BCUT2D eigenvalue weighted by Crippen LogP contribution is -2.12. The molecule has 2 N–H and O–H groups in total. The van der Waals surface area contributed by atoms with E-state index in [1.807, 2.05) is 31.4 Å². The minimum atomic E-state index is -0.222. The number of thiocyanates is 1. The summed E-state index contributed by atoms with van der Waals surface area (Å²) in [5.74, 6) is 0.274. The molecule has 0 unspecified atom stereocenters. The number of hydrogen-bond donors (Lipinski definition) is 2. The van der Waals surface area contributed by atoms with E-state index in [0.717, 1.165) is 33.7 Å². The van der Waals surface area contributed by atoms with Crippen LogP contribution in [-0.2, 0) is 0 Å². The van der Waals surface area contributed by atoms with Gasteiger partial charge in [0, 0.05) is 33.2 Å². The van der Waals surface area contributed by atoms with Crippen molar-refractivity contribution < 1.29 is 4.79 Å². The minimum Gasteiger partial charge on any atom is -0.324 e. The Balaban J connectivity index is 1.72. The van der Waals surface area contributed by atoms with Gasteiger partial charge in [-0.05, 0) is 74.1 Å². The highest BCUT2D eigenvalue weighted by atomic mass is 32.2. The van der Waals surface area contributed by atoms with Crippen LogP contribution in [0, 0.1) is 24.5 Å². The van der Waals surface area contributed by atoms with Crippen LogP contribution in [0.25, 0.3) is 0 Å². The summed E-state index contributed by atoms with van der Waals surface area (Å²) in [6.07, 6.45) is 0. The summed E-state index contributed by atoms with van der Waals surface area (Å²) in [5, 5.41) is 16.7. The number of rotatable bonds is 5. The van der Waals surface area contributed by atoms with Gasteiger partial charge in [0.15, 0.2) is 0 Å². The molecule has 7 heteroatoms. The molecule has 0 saturated carbocycles. The van der Waals surface area contributed by atoms with Crippen molar-refractivity contribution >= 4 is 35.0 Å². The lowest BCUT2D eigenvalue weighted by molar-refractivity contribution is 0.102. The van der Waals surface area contributed by atoms with Crippen LogP contribution in [0.15, 0.2) is 59.5 Å². The second-order valence-corrected chi connectivity index (χ2v) is 6.71. The number of anilines is 3. The average molecular weight is 375 g/mol. The molecule has 1 aromatic heterocycles. The largest absolute Gasteiger partial charge is 0.324 e. The highest BCUT2D eigenvalue weighted by Gasteiger charge is 2.08. The van der Waals surface area contributed by atoms with Gasteiger partial charge in [0.2, 0.25) is 5.95 Å². The number of aromatic nitrogens is 2. The number of benzene rings is 2. The van der Waals surface area contributed by atoms with Gasteiger partial charge in [-0.25, -0.2) is 9.97 Å². The molecule has 1 amide bonds. The molecule has 2 aromatic carbocycles. The number of nitrogens with zero attached hydrogens (tertiary/aromatic N) is 3. The summed E-state index contributed by atoms with van der Waals surface area (Å²) in [7, 11) is 0. The summed E-state index contributed by atoms with van der Waals surface area (Å²) in [4.78, 5) is 22.0. The standard InChI is InChI=1S/C20H17N5OS/c1-13-10-14(2)23-20(22-13)25-17-5-3-4-15(11-17)19(26)24-16-6-8-18(9-7-16)27-12-21/h3-11H,1-2H3,(H,24,26)(H,22,23,25). The van der Waals surface area contributed by atoms with E-state index in [2.05, 4.69) is 20.6 Å². The van der Waals surface area contributed by atoms with Gasteiger partial charge < -0.3 is 10.6 Å². The van der Waals surface area contributed by atoms with Gasteiger partial charge in [0.05, 0.1) is 0 Å². The molecule has 3 aromatic rings. The number of hydrogen-bond acceptors (Lipinski definition) is 6. The van der Waals surface area contributed by atoms with Gasteiger partial charge in [-0.15, -0.1) is 0 Å². The summed E-state index contributed by atoms with van der Waals surface area (Å²) in [6.45, 7) is 3.81. The van der Waals surface area contributed by atoms with E-state index in [1.165, 1.54) is 0 Å². The number of amides is 1. The first-order valence-electron chi connectivity index (χ1n) is 8.20. The summed E-state index contributed by atoms with van der Waals surface area (Å²) >= 11 is 1.08. The topological polar surface area (TPSA) is 90.7 Å². The molecule has 0 bridgehead atoms. The monoisotopic (exact) mass is 375 g/mol. The predicted molar refractivity (Wildman–Crippen MR) is 107 cm³/mol. The number of thioether (sulfide) groups is 1. The number of nitriles is 1. The van der Waals surface area contributed by atoms with E-state index in [1.54, 1.807) is 42.5 Å². The lowest BCUT2D eigenvalue weighted by atomic mass is 10.2. The first-order chi connectivity index (χ1) is 13.0. The number of aryl methyl sites for hydroxylation is 2. The van der Waals surface area contributed by atoms with Crippen LogP contribution in [0.1, 0.15) is 21.7 Å². The zero-order valence-electron chi connectivity index (χ0n) is 14.9. The fraction of sp³-hybridized carbons (Fsp3) is 0.100. The summed E-state index contributed by atoms with van der Waals surface area (Å²) in [6, 6.07) is 16.1. The smallest absolute Gasteiger partial charge is 0.255 e. The lowest BCUT2D eigenvalue weighted by Gasteiger charge is -2.09. The van der Waals surface area contributed by atoms with Gasteiger partial charge in [-0.1, -0.05) is 6.07 Å². The van der Waals surface area contributed by atoms with Crippen LogP contribution in [-0.4, -0.2) is 15.9 Å². The summed E-state index contributed by atoms with van der Waals surface area (Å²) < 4.78 is 0. The highest BCUT2D eigenvalue weighted by Crippen LogP contribution is 2.20. The number of nitrogens with one attached hydrogen (secondary N) is 2. The fourth-order valence-corrected chi connectivity index (χ4v) is 2.89. The molecule has 27 heavy (non-hydrogen) atoms. The Hall–Kier alpha value is -3.37. The molecule has 6 nitrogen and oxygen atoms in total.